The van der Waals surface area contributed by atoms with Gasteiger partial charge < -0.3 is 5.32 Å². The molecule has 3 rings (SSSR count). The molecule has 0 spiro atoms. The number of rotatable bonds is 4. The van der Waals surface area contributed by atoms with Crippen LogP contribution in [0.15, 0.2) is 35.3 Å². The van der Waals surface area contributed by atoms with Crippen LogP contribution in [0.5, 0.6) is 0 Å². The molecule has 1 aliphatic rings. The molecule has 0 radical (unpaired) electrons. The Bertz CT molecular complexity index is 870. The number of benzene rings is 1. The lowest BCUT2D eigenvalue weighted by atomic mass is 10.1. The fraction of sp³-hybridized carbons (Fsp3) is 0.389. The predicted molar refractivity (Wildman–Crippen MR) is 95.8 cm³/mol. The number of H-pyrrole nitrogens is 1. The molecule has 1 fully saturated rings. The van der Waals surface area contributed by atoms with Crippen molar-refractivity contribution in [2.75, 3.05) is 5.32 Å². The number of nitrogens with one attached hydrogen (secondary N) is 3. The van der Waals surface area contributed by atoms with E-state index in [0.29, 0.717) is 0 Å². The summed E-state index contributed by atoms with van der Waals surface area (Å²) in [6.07, 6.45) is -3.74. The molecule has 0 unspecified atom stereocenters. The van der Waals surface area contributed by atoms with Gasteiger partial charge in [-0.15, -0.1) is 0 Å². The number of halogens is 5. The van der Waals surface area contributed by atoms with Crippen molar-refractivity contribution in [3.63, 3.8) is 0 Å². The van der Waals surface area contributed by atoms with Crippen molar-refractivity contribution in [1.82, 2.24) is 15.5 Å². The Hall–Kier alpha value is -2.98. The number of aromatic nitrogens is 2. The van der Waals surface area contributed by atoms with E-state index in [2.05, 4.69) is 20.7 Å². The number of anilines is 1. The molecule has 0 saturated heterocycles. The predicted octanol–water partition coefficient (Wildman–Crippen LogP) is 4.51. The third-order valence-electron chi connectivity index (χ3n) is 4.42. The van der Waals surface area contributed by atoms with Gasteiger partial charge in [0, 0.05) is 17.2 Å². The molecule has 1 heterocycles. The molecule has 0 atom stereocenters. The molecule has 1 aliphatic carbocycles. The topological polar surface area (TPSA) is 82.2 Å². The fourth-order valence-corrected chi connectivity index (χ4v) is 2.92. The Balaban J connectivity index is 1.76. The van der Waals surface area contributed by atoms with Crippen molar-refractivity contribution in [2.45, 2.75) is 44.3 Å². The molecule has 6 nitrogen and oxygen atoms in total. The second-order valence-electron chi connectivity index (χ2n) is 6.58. The second kappa shape index (κ2) is 8.58. The van der Waals surface area contributed by atoms with Crippen LogP contribution in [0.25, 0.3) is 0 Å². The van der Waals surface area contributed by atoms with Gasteiger partial charge in [0.1, 0.15) is 5.69 Å². The van der Waals surface area contributed by atoms with E-state index in [1.54, 1.807) is 0 Å². The number of aliphatic imine (C=N–C) groups is 1. The van der Waals surface area contributed by atoms with E-state index in [0.717, 1.165) is 43.9 Å². The van der Waals surface area contributed by atoms with E-state index in [-0.39, 0.29) is 28.9 Å². The second-order valence-corrected chi connectivity index (χ2v) is 6.58. The molecule has 1 aromatic heterocycles. The van der Waals surface area contributed by atoms with Gasteiger partial charge in [-0.2, -0.15) is 18.3 Å². The quantitative estimate of drug-likeness (QED) is 0.391. The van der Waals surface area contributed by atoms with E-state index < -0.39 is 24.2 Å². The minimum atomic E-state index is -4.59. The van der Waals surface area contributed by atoms with E-state index in [9.17, 15) is 26.7 Å². The number of alkyl halides is 5. The third kappa shape index (κ3) is 5.52. The smallest absolute Gasteiger partial charge is 0.309 e. The van der Waals surface area contributed by atoms with Gasteiger partial charge in [0.25, 0.3) is 12.3 Å². The zero-order valence-corrected chi connectivity index (χ0v) is 15.1. The maximum absolute atomic E-state index is 12.7. The Labute approximate surface area is 162 Å². The van der Waals surface area contributed by atoms with Crippen LogP contribution in [0.2, 0.25) is 0 Å². The molecule has 2 aromatic rings. The molecule has 29 heavy (non-hydrogen) atoms. The summed E-state index contributed by atoms with van der Waals surface area (Å²) in [5.74, 6) is -0.857. The molecule has 1 amide bonds. The number of carbonyl (C=O) groups is 1. The normalized spacial score (nSPS) is 15.7. The highest BCUT2D eigenvalue weighted by Crippen LogP contribution is 2.29. The van der Waals surface area contributed by atoms with Crippen LogP contribution >= 0.6 is 0 Å². The number of hydrogen-bond acceptors (Lipinski definition) is 3. The zero-order valence-electron chi connectivity index (χ0n) is 15.1. The SMILES string of the molecule is O=C(NC(=NC1CCCC1)Nc1cc(C(F)(F)F)[nH]n1)c1ccc(C(F)F)cc1. The van der Waals surface area contributed by atoms with Gasteiger partial charge in [0.05, 0.1) is 6.04 Å². The first-order valence-corrected chi connectivity index (χ1v) is 8.89. The van der Waals surface area contributed by atoms with Crippen molar-refractivity contribution in [3.8, 4) is 0 Å². The summed E-state index contributed by atoms with van der Waals surface area (Å²) in [5, 5.41) is 10.5. The number of aromatic amines is 1. The first kappa shape index (κ1) is 20.7. The highest BCUT2D eigenvalue weighted by Gasteiger charge is 2.33. The van der Waals surface area contributed by atoms with E-state index in [4.69, 9.17) is 0 Å². The van der Waals surface area contributed by atoms with Gasteiger partial charge in [0.2, 0.25) is 5.96 Å². The van der Waals surface area contributed by atoms with Crippen molar-refractivity contribution in [3.05, 3.63) is 47.2 Å². The lowest BCUT2D eigenvalue weighted by Crippen LogP contribution is -2.37. The molecule has 3 N–H and O–H groups in total. The molecule has 156 valence electrons. The van der Waals surface area contributed by atoms with Crippen molar-refractivity contribution >= 4 is 17.7 Å². The maximum Gasteiger partial charge on any atom is 0.432 e. The van der Waals surface area contributed by atoms with Crippen molar-refractivity contribution in [2.24, 2.45) is 4.99 Å². The lowest BCUT2D eigenvalue weighted by molar-refractivity contribution is -0.141. The number of nitrogens with zero attached hydrogens (tertiary/aromatic N) is 2. The summed E-state index contributed by atoms with van der Waals surface area (Å²) in [6, 6.07) is 5.41. The highest BCUT2D eigenvalue weighted by molar-refractivity contribution is 6.09. The van der Waals surface area contributed by atoms with Crippen LogP contribution in [0, 0.1) is 0 Å². The number of amides is 1. The molecule has 0 aliphatic heterocycles. The maximum atomic E-state index is 12.7. The summed E-state index contributed by atoms with van der Waals surface area (Å²) >= 11 is 0. The Morgan fingerprint density at radius 1 is 1.17 bits per heavy atom. The van der Waals surface area contributed by atoms with Gasteiger partial charge in [-0.25, -0.2) is 13.8 Å². The Morgan fingerprint density at radius 3 is 2.38 bits per heavy atom. The summed E-state index contributed by atoms with van der Waals surface area (Å²) in [7, 11) is 0. The van der Waals surface area contributed by atoms with Crippen LogP contribution in [0.1, 0.15) is 53.7 Å². The molecule has 0 bridgehead atoms. The zero-order chi connectivity index (χ0) is 21.0. The summed E-state index contributed by atoms with van der Waals surface area (Å²) in [6.45, 7) is 0. The van der Waals surface area contributed by atoms with Gasteiger partial charge >= 0.3 is 6.18 Å². The summed E-state index contributed by atoms with van der Waals surface area (Å²) < 4.78 is 63.5. The van der Waals surface area contributed by atoms with Crippen LogP contribution < -0.4 is 10.6 Å². The van der Waals surface area contributed by atoms with Crippen LogP contribution in [-0.2, 0) is 6.18 Å². The fourth-order valence-electron chi connectivity index (χ4n) is 2.92. The van der Waals surface area contributed by atoms with Gasteiger partial charge in [-0.1, -0.05) is 25.0 Å². The van der Waals surface area contributed by atoms with Gasteiger partial charge in [-0.05, 0) is 25.0 Å². The monoisotopic (exact) mass is 415 g/mol. The molecule has 1 aromatic carbocycles. The van der Waals surface area contributed by atoms with Crippen LogP contribution in [0.4, 0.5) is 27.8 Å². The first-order valence-electron chi connectivity index (χ1n) is 8.89. The number of carbonyl (C=O) groups excluding carboxylic acids is 1. The standard InChI is InChI=1S/C18H18F5N5O/c19-15(20)10-5-7-11(8-6-10)16(29)26-17(24-12-3-1-2-4-12)25-14-9-13(27-28-14)18(21,22)23/h5-9,12,15H,1-4H2,(H3,24,25,26,27,28,29). The van der Waals surface area contributed by atoms with E-state index in [1.165, 1.54) is 12.1 Å². The summed E-state index contributed by atoms with van der Waals surface area (Å²) in [4.78, 5) is 16.8. The molecular weight excluding hydrogens is 397 g/mol. The molecule has 1 saturated carbocycles. The number of guanidine groups is 1. The third-order valence-corrected chi connectivity index (χ3v) is 4.42. The minimum Gasteiger partial charge on any atom is -0.309 e. The molecular formula is C18H18F5N5O. The van der Waals surface area contributed by atoms with Crippen molar-refractivity contribution in [1.29, 1.82) is 0 Å². The first-order chi connectivity index (χ1) is 13.7. The largest absolute Gasteiger partial charge is 0.432 e. The highest BCUT2D eigenvalue weighted by atomic mass is 19.4. The van der Waals surface area contributed by atoms with Gasteiger partial charge in [-0.3, -0.25) is 15.2 Å². The van der Waals surface area contributed by atoms with E-state index >= 15 is 0 Å². The van der Waals surface area contributed by atoms with E-state index in [1.807, 2.05) is 5.10 Å². The minimum absolute atomic E-state index is 0.0555. The van der Waals surface area contributed by atoms with Crippen LogP contribution in [0.3, 0.4) is 0 Å². The Morgan fingerprint density at radius 2 is 1.83 bits per heavy atom. The molecule has 11 heteroatoms. The summed E-state index contributed by atoms with van der Waals surface area (Å²) in [5.41, 5.74) is -1.17. The lowest BCUT2D eigenvalue weighted by Gasteiger charge is -2.12. The average molecular weight is 415 g/mol. The number of hydrogen-bond donors (Lipinski definition) is 3. The van der Waals surface area contributed by atoms with Crippen LogP contribution in [-0.4, -0.2) is 28.1 Å². The van der Waals surface area contributed by atoms with Gasteiger partial charge in [0.15, 0.2) is 5.82 Å². The average Bonchev–Trinajstić information content (AvgIpc) is 3.33. The Kier molecular flexibility index (Phi) is 6.14. The van der Waals surface area contributed by atoms with Crippen molar-refractivity contribution < 1.29 is 26.7 Å².